The van der Waals surface area contributed by atoms with E-state index in [0.717, 1.165) is 19.4 Å². The van der Waals surface area contributed by atoms with Crippen molar-refractivity contribution in [2.75, 3.05) is 6.54 Å². The predicted octanol–water partition coefficient (Wildman–Crippen LogP) is 2.50. The lowest BCUT2D eigenvalue weighted by molar-refractivity contribution is -0.146. The first-order valence-corrected chi connectivity index (χ1v) is 6.68. The molecule has 0 aromatic carbocycles. The van der Waals surface area contributed by atoms with Crippen molar-refractivity contribution in [3.05, 3.63) is 0 Å². The van der Waals surface area contributed by atoms with Crippen LogP contribution in [0.2, 0.25) is 0 Å². The summed E-state index contributed by atoms with van der Waals surface area (Å²) in [7, 11) is 0. The van der Waals surface area contributed by atoms with Crippen LogP contribution in [0.4, 0.5) is 0 Å². The largest absolute Gasteiger partial charge is 0.480 e. The number of carbonyl (C=O) groups is 1. The Morgan fingerprint density at radius 3 is 2.50 bits per heavy atom. The molecule has 0 amide bonds. The van der Waals surface area contributed by atoms with Crippen LogP contribution in [0, 0.1) is 5.92 Å². The Morgan fingerprint density at radius 1 is 1.12 bits per heavy atom. The maximum Gasteiger partial charge on any atom is 0.320 e. The highest BCUT2D eigenvalue weighted by Gasteiger charge is 2.36. The number of carboxylic acid groups (broad SMARTS) is 1. The van der Waals surface area contributed by atoms with Gasteiger partial charge < -0.3 is 5.11 Å². The zero-order valence-corrected chi connectivity index (χ0v) is 10.2. The van der Waals surface area contributed by atoms with Crippen molar-refractivity contribution in [2.45, 2.75) is 64.0 Å². The van der Waals surface area contributed by atoms with Gasteiger partial charge in [-0.05, 0) is 38.1 Å². The lowest BCUT2D eigenvalue weighted by Crippen LogP contribution is -2.52. The molecule has 1 N–H and O–H groups in total. The molecule has 16 heavy (non-hydrogen) atoms. The Labute approximate surface area is 97.8 Å². The Kier molecular flexibility index (Phi) is 3.85. The van der Waals surface area contributed by atoms with Crippen LogP contribution in [0.25, 0.3) is 0 Å². The van der Waals surface area contributed by atoms with E-state index in [9.17, 15) is 9.90 Å². The van der Waals surface area contributed by atoms with Crippen molar-refractivity contribution >= 4 is 5.97 Å². The summed E-state index contributed by atoms with van der Waals surface area (Å²) < 4.78 is 0. The van der Waals surface area contributed by atoms with Crippen molar-refractivity contribution in [1.82, 2.24) is 4.90 Å². The average molecular weight is 225 g/mol. The highest BCUT2D eigenvalue weighted by molar-refractivity contribution is 5.73. The molecular formula is C13H23NO2. The summed E-state index contributed by atoms with van der Waals surface area (Å²) in [4.78, 5) is 13.6. The van der Waals surface area contributed by atoms with Gasteiger partial charge in [0.1, 0.15) is 6.04 Å². The minimum atomic E-state index is -0.613. The fraction of sp³-hybridized carbons (Fsp3) is 0.923. The summed E-state index contributed by atoms with van der Waals surface area (Å²) in [5, 5.41) is 9.28. The molecule has 1 aliphatic heterocycles. The molecule has 0 aromatic rings. The normalized spacial score (nSPS) is 37.2. The topological polar surface area (TPSA) is 40.5 Å². The second kappa shape index (κ2) is 5.17. The molecular weight excluding hydrogens is 202 g/mol. The average Bonchev–Trinajstić information content (AvgIpc) is 2.29. The molecule has 3 atom stereocenters. The van der Waals surface area contributed by atoms with E-state index in [1.807, 2.05) is 0 Å². The van der Waals surface area contributed by atoms with Crippen molar-refractivity contribution in [3.8, 4) is 0 Å². The molecule has 2 rings (SSSR count). The van der Waals surface area contributed by atoms with E-state index in [2.05, 4.69) is 11.8 Å². The van der Waals surface area contributed by atoms with Gasteiger partial charge in [0.15, 0.2) is 0 Å². The van der Waals surface area contributed by atoms with Crippen molar-refractivity contribution < 1.29 is 9.90 Å². The molecule has 3 unspecified atom stereocenters. The number of piperidine rings is 1. The van der Waals surface area contributed by atoms with Crippen molar-refractivity contribution in [2.24, 2.45) is 5.92 Å². The van der Waals surface area contributed by atoms with Crippen LogP contribution in [-0.2, 0) is 4.79 Å². The second-order valence-electron chi connectivity index (χ2n) is 5.42. The van der Waals surface area contributed by atoms with Crippen molar-refractivity contribution in [1.29, 1.82) is 0 Å². The summed E-state index contributed by atoms with van der Waals surface area (Å²) in [5.74, 6) is 0.0613. The molecule has 0 radical (unpaired) electrons. The van der Waals surface area contributed by atoms with Gasteiger partial charge in [0.2, 0.25) is 0 Å². The van der Waals surface area contributed by atoms with Gasteiger partial charge in [-0.15, -0.1) is 0 Å². The first kappa shape index (κ1) is 11.9. The van der Waals surface area contributed by atoms with Gasteiger partial charge in [0.05, 0.1) is 0 Å². The first-order chi connectivity index (χ1) is 7.70. The van der Waals surface area contributed by atoms with Crippen LogP contribution in [0.3, 0.4) is 0 Å². The third kappa shape index (κ3) is 2.40. The monoisotopic (exact) mass is 225 g/mol. The molecule has 3 heteroatoms. The lowest BCUT2D eigenvalue weighted by Gasteiger charge is -2.43. The van der Waals surface area contributed by atoms with Gasteiger partial charge in [-0.3, -0.25) is 9.69 Å². The Balaban J connectivity index is 2.06. The fourth-order valence-electron chi connectivity index (χ4n) is 3.41. The van der Waals surface area contributed by atoms with Crippen LogP contribution < -0.4 is 0 Å². The lowest BCUT2D eigenvalue weighted by atomic mass is 9.83. The first-order valence-electron chi connectivity index (χ1n) is 6.68. The molecule has 1 saturated carbocycles. The minimum Gasteiger partial charge on any atom is -0.480 e. The molecule has 92 valence electrons. The number of hydrogen-bond acceptors (Lipinski definition) is 2. The molecule has 1 aliphatic carbocycles. The number of rotatable bonds is 2. The number of nitrogens with zero attached hydrogens (tertiary/aromatic N) is 1. The Morgan fingerprint density at radius 2 is 1.81 bits per heavy atom. The zero-order valence-electron chi connectivity index (χ0n) is 10.2. The minimum absolute atomic E-state index is 0.209. The van der Waals surface area contributed by atoms with Gasteiger partial charge >= 0.3 is 5.97 Å². The predicted molar refractivity (Wildman–Crippen MR) is 63.4 cm³/mol. The summed E-state index contributed by atoms with van der Waals surface area (Å²) in [6, 6.07) is 0.314. The summed E-state index contributed by atoms with van der Waals surface area (Å²) in [5.41, 5.74) is 0. The number of aliphatic carboxylic acids is 1. The molecule has 0 aromatic heterocycles. The third-order valence-electron chi connectivity index (χ3n) is 4.32. The van der Waals surface area contributed by atoms with E-state index >= 15 is 0 Å². The summed E-state index contributed by atoms with van der Waals surface area (Å²) >= 11 is 0. The fourth-order valence-corrected chi connectivity index (χ4v) is 3.41. The molecule has 2 fully saturated rings. The molecule has 0 spiro atoms. The Bertz CT molecular complexity index is 254. The highest BCUT2D eigenvalue weighted by Crippen LogP contribution is 2.32. The van der Waals surface area contributed by atoms with E-state index in [-0.39, 0.29) is 6.04 Å². The van der Waals surface area contributed by atoms with Gasteiger partial charge in [0.25, 0.3) is 0 Å². The third-order valence-corrected chi connectivity index (χ3v) is 4.32. The standard InChI is InChI=1S/C13H23NO2/c1-10-6-2-3-7-11(10)14-9-5-4-8-12(14)13(15)16/h10-12H,2-9H2,1H3,(H,15,16). The van der Waals surface area contributed by atoms with Crippen molar-refractivity contribution in [3.63, 3.8) is 0 Å². The summed E-state index contributed by atoms with van der Waals surface area (Å²) in [6.07, 6.45) is 8.17. The van der Waals surface area contributed by atoms with Crippen LogP contribution in [0.15, 0.2) is 0 Å². The van der Waals surface area contributed by atoms with E-state index < -0.39 is 5.97 Å². The van der Waals surface area contributed by atoms with Gasteiger partial charge in [0, 0.05) is 6.04 Å². The highest BCUT2D eigenvalue weighted by atomic mass is 16.4. The van der Waals surface area contributed by atoms with Gasteiger partial charge in [-0.1, -0.05) is 26.2 Å². The van der Waals surface area contributed by atoms with E-state index in [1.54, 1.807) is 0 Å². The number of hydrogen-bond donors (Lipinski definition) is 1. The Hall–Kier alpha value is -0.570. The molecule has 3 nitrogen and oxygen atoms in total. The van der Waals surface area contributed by atoms with Crippen LogP contribution in [0.5, 0.6) is 0 Å². The quantitative estimate of drug-likeness (QED) is 0.785. The SMILES string of the molecule is CC1CCCCC1N1CCCCC1C(=O)O. The molecule has 1 heterocycles. The zero-order chi connectivity index (χ0) is 11.5. The molecule has 0 bridgehead atoms. The second-order valence-corrected chi connectivity index (χ2v) is 5.42. The van der Waals surface area contributed by atoms with Gasteiger partial charge in [-0.25, -0.2) is 0 Å². The molecule has 2 aliphatic rings. The smallest absolute Gasteiger partial charge is 0.320 e. The number of likely N-dealkylation sites (tertiary alicyclic amines) is 1. The summed E-state index contributed by atoms with van der Waals surface area (Å²) in [6.45, 7) is 3.28. The number of carboxylic acids is 1. The van der Waals surface area contributed by atoms with Crippen LogP contribution in [-0.4, -0.2) is 34.6 Å². The van der Waals surface area contributed by atoms with E-state index in [1.165, 1.54) is 32.1 Å². The van der Waals surface area contributed by atoms with Crippen LogP contribution >= 0.6 is 0 Å². The van der Waals surface area contributed by atoms with E-state index in [4.69, 9.17) is 0 Å². The maximum atomic E-state index is 11.3. The van der Waals surface area contributed by atoms with Crippen LogP contribution in [0.1, 0.15) is 51.9 Å². The molecule has 1 saturated heterocycles. The van der Waals surface area contributed by atoms with E-state index in [0.29, 0.717) is 12.0 Å². The maximum absolute atomic E-state index is 11.3. The van der Waals surface area contributed by atoms with Gasteiger partial charge in [-0.2, -0.15) is 0 Å².